The van der Waals surface area contributed by atoms with Crippen molar-refractivity contribution >= 4 is 17.7 Å². The van der Waals surface area contributed by atoms with E-state index in [0.29, 0.717) is 6.54 Å². The van der Waals surface area contributed by atoms with E-state index in [1.807, 2.05) is 0 Å². The van der Waals surface area contributed by atoms with Gasteiger partial charge >= 0.3 is 0 Å². The largest absolute Gasteiger partial charge is 0.353 e. The average Bonchev–Trinajstić information content (AvgIpc) is 2.99. The van der Waals surface area contributed by atoms with Gasteiger partial charge in [-0.2, -0.15) is 0 Å². The van der Waals surface area contributed by atoms with E-state index in [2.05, 4.69) is 34.9 Å². The molecule has 2 heterocycles. The van der Waals surface area contributed by atoms with Gasteiger partial charge in [0, 0.05) is 12.6 Å². The van der Waals surface area contributed by atoms with Crippen LogP contribution in [0, 0.1) is 0 Å². The van der Waals surface area contributed by atoms with Crippen molar-refractivity contribution in [3.8, 4) is 0 Å². The third kappa shape index (κ3) is 2.95. The summed E-state index contributed by atoms with van der Waals surface area (Å²) in [6.07, 6.45) is 3.29. The van der Waals surface area contributed by atoms with Gasteiger partial charge < -0.3 is 10.6 Å². The molecule has 1 amide bonds. The van der Waals surface area contributed by atoms with Crippen LogP contribution in [0.25, 0.3) is 0 Å². The fourth-order valence-electron chi connectivity index (χ4n) is 2.88. The lowest BCUT2D eigenvalue weighted by Crippen LogP contribution is -2.41. The molecular weight excluding hydrogens is 256 g/mol. The van der Waals surface area contributed by atoms with Gasteiger partial charge in [-0.25, -0.2) is 0 Å². The summed E-state index contributed by atoms with van der Waals surface area (Å²) in [7, 11) is 0. The summed E-state index contributed by atoms with van der Waals surface area (Å²) in [4.78, 5) is 12.0. The number of fused-ring (bicyclic) bond motifs is 1. The van der Waals surface area contributed by atoms with Crippen molar-refractivity contribution in [3.63, 3.8) is 0 Å². The van der Waals surface area contributed by atoms with Crippen LogP contribution in [0.15, 0.2) is 24.3 Å². The minimum Gasteiger partial charge on any atom is -0.353 e. The average molecular weight is 276 g/mol. The smallest absolute Gasteiger partial charge is 0.233 e. The summed E-state index contributed by atoms with van der Waals surface area (Å²) in [5, 5.41) is 6.79. The number of carbonyl (C=O) groups excluding carboxylic acids is 1. The monoisotopic (exact) mass is 276 g/mol. The van der Waals surface area contributed by atoms with Crippen LogP contribution < -0.4 is 10.6 Å². The fourth-order valence-corrected chi connectivity index (χ4v) is 4.06. The molecule has 4 heteroatoms. The summed E-state index contributed by atoms with van der Waals surface area (Å²) in [6, 6.07) is 8.79. The predicted octanol–water partition coefficient (Wildman–Crippen LogP) is 1.89. The number of rotatable bonds is 3. The molecule has 0 saturated carbocycles. The summed E-state index contributed by atoms with van der Waals surface area (Å²) in [6.45, 7) is 1.70. The van der Waals surface area contributed by atoms with Crippen LogP contribution in [0.1, 0.15) is 30.0 Å². The minimum absolute atomic E-state index is 0.179. The molecule has 2 aliphatic rings. The van der Waals surface area contributed by atoms with E-state index in [1.165, 1.54) is 17.5 Å². The van der Waals surface area contributed by atoms with Gasteiger partial charge in [0.05, 0.1) is 5.25 Å². The van der Waals surface area contributed by atoms with E-state index < -0.39 is 0 Å². The Morgan fingerprint density at radius 2 is 2.32 bits per heavy atom. The van der Waals surface area contributed by atoms with E-state index in [4.69, 9.17) is 0 Å². The minimum atomic E-state index is 0.179. The Kier molecular flexibility index (Phi) is 4.09. The van der Waals surface area contributed by atoms with Crippen LogP contribution in [0.2, 0.25) is 0 Å². The lowest BCUT2D eigenvalue weighted by atomic mass is 9.94. The summed E-state index contributed by atoms with van der Waals surface area (Å²) in [5.74, 6) is 1.34. The zero-order valence-corrected chi connectivity index (χ0v) is 11.8. The second-order valence-electron chi connectivity index (χ2n) is 5.20. The van der Waals surface area contributed by atoms with Crippen molar-refractivity contribution in [2.75, 3.05) is 18.8 Å². The first-order chi connectivity index (χ1) is 9.34. The van der Waals surface area contributed by atoms with Gasteiger partial charge in [0.2, 0.25) is 5.91 Å². The molecule has 2 aliphatic heterocycles. The molecule has 2 unspecified atom stereocenters. The molecule has 3 nitrogen and oxygen atoms in total. The first-order valence-corrected chi connectivity index (χ1v) is 8.10. The number of hydrogen-bond acceptors (Lipinski definition) is 3. The highest BCUT2D eigenvalue weighted by Gasteiger charge is 2.25. The first kappa shape index (κ1) is 13.0. The molecule has 0 bridgehead atoms. The SMILES string of the molecule is O=C(NCC1NCCc2ccccc21)C1CCCS1. The van der Waals surface area contributed by atoms with E-state index in [9.17, 15) is 4.79 Å². The van der Waals surface area contributed by atoms with E-state index >= 15 is 0 Å². The number of thioether (sulfide) groups is 1. The molecule has 1 saturated heterocycles. The molecule has 3 rings (SSSR count). The van der Waals surface area contributed by atoms with E-state index in [1.54, 1.807) is 11.8 Å². The number of carbonyl (C=O) groups is 1. The highest BCUT2D eigenvalue weighted by atomic mass is 32.2. The molecule has 2 N–H and O–H groups in total. The van der Waals surface area contributed by atoms with Crippen molar-refractivity contribution in [1.82, 2.24) is 10.6 Å². The fraction of sp³-hybridized carbons (Fsp3) is 0.533. The molecule has 0 radical (unpaired) electrons. The van der Waals surface area contributed by atoms with Gasteiger partial charge in [-0.1, -0.05) is 24.3 Å². The molecule has 1 fully saturated rings. The van der Waals surface area contributed by atoms with E-state index in [0.717, 1.165) is 25.1 Å². The van der Waals surface area contributed by atoms with Crippen molar-refractivity contribution < 1.29 is 4.79 Å². The Morgan fingerprint density at radius 3 is 3.16 bits per heavy atom. The third-order valence-corrected chi connectivity index (χ3v) is 5.29. The molecule has 0 aliphatic carbocycles. The molecule has 19 heavy (non-hydrogen) atoms. The van der Waals surface area contributed by atoms with Crippen LogP contribution in [0.3, 0.4) is 0 Å². The second kappa shape index (κ2) is 5.97. The summed E-state index contributed by atoms with van der Waals surface area (Å²) >= 11 is 1.79. The molecule has 2 atom stereocenters. The Labute approximate surface area is 118 Å². The van der Waals surface area contributed by atoms with Crippen LogP contribution in [-0.4, -0.2) is 30.0 Å². The van der Waals surface area contributed by atoms with Crippen LogP contribution in [0.4, 0.5) is 0 Å². The number of hydrogen-bond donors (Lipinski definition) is 2. The molecule has 0 spiro atoms. The van der Waals surface area contributed by atoms with E-state index in [-0.39, 0.29) is 17.2 Å². The standard InChI is InChI=1S/C15H20N2OS/c18-15(14-6-3-9-19-14)17-10-13-12-5-2-1-4-11(12)7-8-16-13/h1-2,4-5,13-14,16H,3,6-10H2,(H,17,18). The van der Waals surface area contributed by atoms with Gasteiger partial charge in [0.15, 0.2) is 0 Å². The normalized spacial score (nSPS) is 25.9. The summed E-state index contributed by atoms with van der Waals surface area (Å²) < 4.78 is 0. The zero-order valence-electron chi connectivity index (χ0n) is 11.0. The zero-order chi connectivity index (χ0) is 13.1. The van der Waals surface area contributed by atoms with Crippen molar-refractivity contribution in [2.45, 2.75) is 30.6 Å². The Bertz CT molecular complexity index is 457. The maximum Gasteiger partial charge on any atom is 0.233 e. The number of benzene rings is 1. The van der Waals surface area contributed by atoms with Crippen LogP contribution >= 0.6 is 11.8 Å². The number of amides is 1. The maximum atomic E-state index is 12.0. The van der Waals surface area contributed by atoms with Crippen molar-refractivity contribution in [1.29, 1.82) is 0 Å². The van der Waals surface area contributed by atoms with Gasteiger partial charge in [-0.05, 0) is 42.7 Å². The lowest BCUT2D eigenvalue weighted by molar-refractivity contribution is -0.120. The summed E-state index contributed by atoms with van der Waals surface area (Å²) in [5.41, 5.74) is 2.75. The topological polar surface area (TPSA) is 41.1 Å². The molecule has 1 aromatic rings. The van der Waals surface area contributed by atoms with Crippen LogP contribution in [-0.2, 0) is 11.2 Å². The highest BCUT2D eigenvalue weighted by Crippen LogP contribution is 2.26. The lowest BCUT2D eigenvalue weighted by Gasteiger charge is -2.27. The van der Waals surface area contributed by atoms with Gasteiger partial charge in [0.1, 0.15) is 0 Å². The Hall–Kier alpha value is -1.00. The quantitative estimate of drug-likeness (QED) is 0.886. The number of nitrogens with one attached hydrogen (secondary N) is 2. The van der Waals surface area contributed by atoms with Crippen molar-refractivity contribution in [3.05, 3.63) is 35.4 Å². The van der Waals surface area contributed by atoms with Gasteiger partial charge in [-0.15, -0.1) is 11.8 Å². The molecule has 1 aromatic carbocycles. The van der Waals surface area contributed by atoms with Crippen LogP contribution in [0.5, 0.6) is 0 Å². The second-order valence-corrected chi connectivity index (χ2v) is 6.51. The maximum absolute atomic E-state index is 12.0. The Balaban J connectivity index is 1.60. The molecule has 102 valence electrons. The first-order valence-electron chi connectivity index (χ1n) is 7.05. The molecule has 0 aromatic heterocycles. The Morgan fingerprint density at radius 1 is 1.42 bits per heavy atom. The van der Waals surface area contributed by atoms with Crippen molar-refractivity contribution in [2.24, 2.45) is 0 Å². The van der Waals surface area contributed by atoms with Gasteiger partial charge in [-0.3, -0.25) is 4.79 Å². The highest BCUT2D eigenvalue weighted by molar-refractivity contribution is 8.00. The predicted molar refractivity (Wildman–Crippen MR) is 79.4 cm³/mol. The van der Waals surface area contributed by atoms with Gasteiger partial charge in [0.25, 0.3) is 0 Å². The molecular formula is C15H20N2OS. The third-order valence-electron chi connectivity index (χ3n) is 3.92.